The van der Waals surface area contributed by atoms with Gasteiger partial charge in [-0.3, -0.25) is 4.99 Å². The van der Waals surface area contributed by atoms with Crippen molar-refractivity contribution >= 4 is 22.3 Å². The summed E-state index contributed by atoms with van der Waals surface area (Å²) < 4.78 is 1.15. The molecule has 0 saturated heterocycles. The summed E-state index contributed by atoms with van der Waals surface area (Å²) in [7, 11) is 3.95. The average molecular weight is 311 g/mol. The van der Waals surface area contributed by atoms with Crippen molar-refractivity contribution in [2.24, 2.45) is 4.99 Å². The number of halogens is 1. The second kappa shape index (κ2) is 9.15. The molecule has 0 fully saturated rings. The van der Waals surface area contributed by atoms with Gasteiger partial charge in [-0.1, -0.05) is 45.8 Å². The predicted octanol–water partition coefficient (Wildman–Crippen LogP) is 4.30. The van der Waals surface area contributed by atoms with Gasteiger partial charge in [-0.05, 0) is 32.1 Å². The van der Waals surface area contributed by atoms with Gasteiger partial charge in [-0.15, -0.1) is 0 Å². The lowest BCUT2D eigenvalue weighted by Crippen LogP contribution is -2.07. The van der Waals surface area contributed by atoms with Gasteiger partial charge in [0.05, 0.1) is 12.9 Å². The molecule has 0 bridgehead atoms. The highest BCUT2D eigenvalue weighted by atomic mass is 79.9. The molecule has 3 heteroatoms. The maximum Gasteiger partial charge on any atom is 0.0848 e. The Labute approximate surface area is 119 Å². The van der Waals surface area contributed by atoms with Crippen LogP contribution in [0.3, 0.4) is 0 Å². The van der Waals surface area contributed by atoms with E-state index < -0.39 is 0 Å². The Morgan fingerprint density at radius 3 is 2.94 bits per heavy atom. The Morgan fingerprint density at radius 1 is 1.44 bits per heavy atom. The summed E-state index contributed by atoms with van der Waals surface area (Å²) in [6.45, 7) is 0.726. The Bertz CT molecular complexity index is 352. The van der Waals surface area contributed by atoms with E-state index in [0.29, 0.717) is 0 Å². The second-order valence-corrected chi connectivity index (χ2v) is 5.66. The molecule has 0 saturated carbocycles. The van der Waals surface area contributed by atoms with Gasteiger partial charge in [0.25, 0.3) is 0 Å². The lowest BCUT2D eigenvalue weighted by Gasteiger charge is -2.10. The van der Waals surface area contributed by atoms with Crippen LogP contribution < -0.4 is 0 Å². The molecule has 1 rings (SSSR count). The van der Waals surface area contributed by atoms with E-state index in [1.165, 1.54) is 25.7 Å². The monoisotopic (exact) mass is 310 g/mol. The minimum atomic E-state index is 0.726. The molecular formula is C15H23BrN2. The zero-order chi connectivity index (χ0) is 13.2. The highest BCUT2D eigenvalue weighted by Gasteiger charge is 2.01. The van der Waals surface area contributed by atoms with Crippen LogP contribution in [0.4, 0.5) is 0 Å². The minimum Gasteiger partial charge on any atom is -0.369 e. The van der Waals surface area contributed by atoms with Crippen LogP contribution in [0.15, 0.2) is 39.4 Å². The first-order valence-electron chi connectivity index (χ1n) is 6.55. The van der Waals surface area contributed by atoms with Crippen molar-refractivity contribution in [3.05, 3.63) is 34.4 Å². The van der Waals surface area contributed by atoms with Crippen molar-refractivity contribution < 1.29 is 0 Å². The number of rotatable bonds is 6. The summed E-state index contributed by atoms with van der Waals surface area (Å²) >= 11 is 3.57. The molecule has 0 amide bonds. The summed E-state index contributed by atoms with van der Waals surface area (Å²) in [5, 5.41) is 0. The van der Waals surface area contributed by atoms with Crippen molar-refractivity contribution in [2.75, 3.05) is 20.6 Å². The number of nitrogens with zero attached hydrogens (tertiary/aromatic N) is 2. The fourth-order valence-corrected chi connectivity index (χ4v) is 2.17. The van der Waals surface area contributed by atoms with Gasteiger partial charge >= 0.3 is 0 Å². The van der Waals surface area contributed by atoms with Crippen LogP contribution >= 0.6 is 15.9 Å². The molecule has 0 aromatic carbocycles. The van der Waals surface area contributed by atoms with Crippen LogP contribution in [0, 0.1) is 0 Å². The van der Waals surface area contributed by atoms with Gasteiger partial charge in [0.1, 0.15) is 0 Å². The molecule has 0 spiro atoms. The Balaban J connectivity index is 2.28. The lowest BCUT2D eigenvalue weighted by molar-refractivity contribution is 0.640. The lowest BCUT2D eigenvalue weighted by atomic mass is 9.97. The van der Waals surface area contributed by atoms with E-state index in [1.54, 1.807) is 5.57 Å². The number of allylic oxidation sites excluding steroid dienone is 5. The summed E-state index contributed by atoms with van der Waals surface area (Å²) in [6, 6.07) is 0. The third-order valence-electron chi connectivity index (χ3n) is 2.74. The highest BCUT2D eigenvalue weighted by molar-refractivity contribution is 9.11. The molecule has 0 aromatic heterocycles. The third-order valence-corrected chi connectivity index (χ3v) is 3.33. The quantitative estimate of drug-likeness (QED) is 0.309. The van der Waals surface area contributed by atoms with Crippen molar-refractivity contribution in [1.82, 2.24) is 4.90 Å². The molecule has 1 aliphatic rings. The molecule has 0 aliphatic heterocycles. The summed E-state index contributed by atoms with van der Waals surface area (Å²) in [6.07, 6.45) is 16.9. The van der Waals surface area contributed by atoms with E-state index in [4.69, 9.17) is 0 Å². The van der Waals surface area contributed by atoms with Crippen LogP contribution in [0.1, 0.15) is 32.1 Å². The summed E-state index contributed by atoms with van der Waals surface area (Å²) in [5.41, 5.74) is 1.58. The molecule has 0 atom stereocenters. The van der Waals surface area contributed by atoms with E-state index in [2.05, 4.69) is 45.2 Å². The summed E-state index contributed by atoms with van der Waals surface area (Å²) in [5.74, 6) is 0. The minimum absolute atomic E-state index is 0.726. The Morgan fingerprint density at radius 2 is 2.28 bits per heavy atom. The van der Waals surface area contributed by atoms with Crippen LogP contribution in [-0.4, -0.2) is 31.9 Å². The zero-order valence-corrected chi connectivity index (χ0v) is 13.0. The maximum absolute atomic E-state index is 4.25. The van der Waals surface area contributed by atoms with Gasteiger partial charge in [-0.25, -0.2) is 0 Å². The maximum atomic E-state index is 4.25. The van der Waals surface area contributed by atoms with Gasteiger partial charge in [0, 0.05) is 18.6 Å². The van der Waals surface area contributed by atoms with Crippen LogP contribution in [-0.2, 0) is 0 Å². The number of hydrogen-bond acceptors (Lipinski definition) is 1. The molecule has 0 radical (unpaired) electrons. The van der Waals surface area contributed by atoms with Crippen LogP contribution in [0.5, 0.6) is 0 Å². The highest BCUT2D eigenvalue weighted by Crippen LogP contribution is 2.21. The molecule has 0 unspecified atom stereocenters. The zero-order valence-electron chi connectivity index (χ0n) is 11.4. The first kappa shape index (κ1) is 15.2. The average Bonchev–Trinajstić information content (AvgIpc) is 2.37. The first-order valence-corrected chi connectivity index (χ1v) is 7.34. The van der Waals surface area contributed by atoms with E-state index in [9.17, 15) is 0 Å². The van der Waals surface area contributed by atoms with Gasteiger partial charge in [0.2, 0.25) is 0 Å². The van der Waals surface area contributed by atoms with E-state index in [0.717, 1.165) is 17.4 Å². The van der Waals surface area contributed by atoms with Crippen molar-refractivity contribution in [3.63, 3.8) is 0 Å². The van der Waals surface area contributed by atoms with E-state index >= 15 is 0 Å². The fourth-order valence-electron chi connectivity index (χ4n) is 1.82. The predicted molar refractivity (Wildman–Crippen MR) is 84.4 cm³/mol. The summed E-state index contributed by atoms with van der Waals surface area (Å²) in [4.78, 5) is 6.19. The SMILES string of the molecule is CN(C)/C=N/C/C=C\C(Br)=C/CC1=CCCCC1. The molecular weight excluding hydrogens is 288 g/mol. The third kappa shape index (κ3) is 7.49. The second-order valence-electron chi connectivity index (χ2n) is 4.75. The van der Waals surface area contributed by atoms with Crippen molar-refractivity contribution in [2.45, 2.75) is 32.1 Å². The topological polar surface area (TPSA) is 15.6 Å². The van der Waals surface area contributed by atoms with Crippen LogP contribution in [0.2, 0.25) is 0 Å². The van der Waals surface area contributed by atoms with Gasteiger partial charge in [0.15, 0.2) is 0 Å². The Hall–Kier alpha value is -0.830. The normalized spacial score (nSPS) is 17.5. The molecule has 18 heavy (non-hydrogen) atoms. The Kier molecular flexibility index (Phi) is 7.74. The number of hydrogen-bond donors (Lipinski definition) is 0. The molecule has 0 aromatic rings. The largest absolute Gasteiger partial charge is 0.369 e. The van der Waals surface area contributed by atoms with E-state index in [-0.39, 0.29) is 0 Å². The van der Waals surface area contributed by atoms with Gasteiger partial charge < -0.3 is 4.90 Å². The fraction of sp³-hybridized carbons (Fsp3) is 0.533. The van der Waals surface area contributed by atoms with Crippen LogP contribution in [0.25, 0.3) is 0 Å². The van der Waals surface area contributed by atoms with E-state index in [1.807, 2.05) is 25.3 Å². The molecule has 0 N–H and O–H groups in total. The first-order chi connectivity index (χ1) is 8.68. The molecule has 100 valence electrons. The smallest absolute Gasteiger partial charge is 0.0848 e. The van der Waals surface area contributed by atoms with Crippen molar-refractivity contribution in [3.8, 4) is 0 Å². The molecule has 1 aliphatic carbocycles. The standard InChI is InChI=1S/C15H23BrN2/c1-18(2)13-17-12-6-9-15(16)11-10-14-7-4-3-5-8-14/h6-7,9,11,13H,3-5,8,10,12H2,1-2H3/b9-6-,15-11+,17-13+. The van der Waals surface area contributed by atoms with Gasteiger partial charge in [-0.2, -0.15) is 0 Å². The number of aliphatic imine (C=N–C) groups is 1. The molecule has 2 nitrogen and oxygen atoms in total. The van der Waals surface area contributed by atoms with Crippen molar-refractivity contribution in [1.29, 1.82) is 0 Å². The molecule has 0 heterocycles.